The van der Waals surface area contributed by atoms with E-state index in [4.69, 9.17) is 9.47 Å². The van der Waals surface area contributed by atoms with Gasteiger partial charge in [-0.3, -0.25) is 4.79 Å². The summed E-state index contributed by atoms with van der Waals surface area (Å²) in [4.78, 5) is 12.4. The van der Waals surface area contributed by atoms with Gasteiger partial charge in [0, 0.05) is 6.07 Å². The van der Waals surface area contributed by atoms with Crippen molar-refractivity contribution in [2.45, 2.75) is 19.4 Å². The van der Waals surface area contributed by atoms with Crippen molar-refractivity contribution in [2.24, 2.45) is 5.92 Å². The predicted octanol–water partition coefficient (Wildman–Crippen LogP) is 4.91. The van der Waals surface area contributed by atoms with E-state index >= 15 is 0 Å². The zero-order valence-electron chi connectivity index (χ0n) is 15.8. The third-order valence-corrected chi connectivity index (χ3v) is 4.97. The largest absolute Gasteiger partial charge is 0.484 e. The summed E-state index contributed by atoms with van der Waals surface area (Å²) in [6.45, 7) is 2.14. The lowest BCUT2D eigenvalue weighted by molar-refractivity contribution is -0.124. The van der Waals surface area contributed by atoms with Crippen molar-refractivity contribution in [1.29, 1.82) is 0 Å². The molecule has 3 aromatic carbocycles. The summed E-state index contributed by atoms with van der Waals surface area (Å²) in [7, 11) is 0. The second-order valence-corrected chi connectivity index (χ2v) is 7.10. The van der Waals surface area contributed by atoms with Gasteiger partial charge >= 0.3 is 0 Å². The first kappa shape index (κ1) is 18.1. The Balaban J connectivity index is 1.34. The molecule has 1 aliphatic rings. The lowest BCUT2D eigenvalue weighted by Gasteiger charge is -2.19. The van der Waals surface area contributed by atoms with Gasteiger partial charge in [0.25, 0.3) is 5.91 Å². The van der Waals surface area contributed by atoms with Crippen LogP contribution >= 0.6 is 0 Å². The highest BCUT2D eigenvalue weighted by Crippen LogP contribution is 2.35. The lowest BCUT2D eigenvalue weighted by Crippen LogP contribution is -2.34. The van der Waals surface area contributed by atoms with Gasteiger partial charge in [0.2, 0.25) is 0 Å². The molecule has 0 saturated carbocycles. The molecule has 1 amide bonds. The van der Waals surface area contributed by atoms with Crippen molar-refractivity contribution in [2.75, 3.05) is 6.61 Å². The number of rotatable bonds is 6. The number of carbonyl (C=O) groups is 1. The topological polar surface area (TPSA) is 47.6 Å². The monoisotopic (exact) mass is 373 g/mol. The normalized spacial score (nSPS) is 17.6. The molecule has 4 heteroatoms. The molecule has 1 aliphatic carbocycles. The Bertz CT molecular complexity index is 955. The first-order valence-corrected chi connectivity index (χ1v) is 9.52. The molecule has 0 saturated heterocycles. The molecule has 0 bridgehead atoms. The van der Waals surface area contributed by atoms with Crippen LogP contribution in [0.1, 0.15) is 24.1 Å². The van der Waals surface area contributed by atoms with Gasteiger partial charge in [0.1, 0.15) is 17.2 Å². The van der Waals surface area contributed by atoms with Crippen molar-refractivity contribution in [3.63, 3.8) is 0 Å². The van der Waals surface area contributed by atoms with Crippen molar-refractivity contribution in [1.82, 2.24) is 5.32 Å². The van der Waals surface area contributed by atoms with Gasteiger partial charge in [-0.2, -0.15) is 0 Å². The molecule has 0 aromatic heterocycles. The molecule has 0 fully saturated rings. The van der Waals surface area contributed by atoms with Crippen LogP contribution in [0.5, 0.6) is 17.2 Å². The lowest BCUT2D eigenvalue weighted by atomic mass is 10.0. The van der Waals surface area contributed by atoms with Gasteiger partial charge < -0.3 is 14.8 Å². The van der Waals surface area contributed by atoms with E-state index in [1.54, 1.807) is 6.07 Å². The SMILES string of the molecule is CC1Cc2ccccc2C1NC(=O)COc1cccc(Oc2ccccc2)c1. The molecule has 2 unspecified atom stereocenters. The van der Waals surface area contributed by atoms with Crippen LogP contribution in [-0.2, 0) is 11.2 Å². The Labute approximate surface area is 165 Å². The van der Waals surface area contributed by atoms with Crippen LogP contribution in [0.2, 0.25) is 0 Å². The second-order valence-electron chi connectivity index (χ2n) is 7.10. The molecular weight excluding hydrogens is 350 g/mol. The number of hydrogen-bond acceptors (Lipinski definition) is 3. The molecule has 28 heavy (non-hydrogen) atoms. The maximum atomic E-state index is 12.4. The number of para-hydroxylation sites is 1. The molecule has 0 aliphatic heterocycles. The molecule has 2 atom stereocenters. The number of carbonyl (C=O) groups excluding carboxylic acids is 1. The summed E-state index contributed by atoms with van der Waals surface area (Å²) < 4.78 is 11.5. The third kappa shape index (κ3) is 4.17. The highest BCUT2D eigenvalue weighted by molar-refractivity contribution is 5.78. The third-order valence-electron chi connectivity index (χ3n) is 4.97. The first-order chi connectivity index (χ1) is 13.7. The van der Waals surface area contributed by atoms with Crippen LogP contribution in [0.3, 0.4) is 0 Å². The average molecular weight is 373 g/mol. The Morgan fingerprint density at radius 3 is 2.50 bits per heavy atom. The fourth-order valence-corrected chi connectivity index (χ4v) is 3.63. The molecule has 0 heterocycles. The van der Waals surface area contributed by atoms with Gasteiger partial charge in [-0.25, -0.2) is 0 Å². The minimum absolute atomic E-state index is 0.0276. The van der Waals surface area contributed by atoms with Crippen molar-refractivity contribution < 1.29 is 14.3 Å². The van der Waals surface area contributed by atoms with E-state index in [-0.39, 0.29) is 18.6 Å². The second kappa shape index (κ2) is 8.17. The zero-order valence-corrected chi connectivity index (χ0v) is 15.8. The number of amides is 1. The fourth-order valence-electron chi connectivity index (χ4n) is 3.63. The molecule has 4 rings (SSSR count). The van der Waals surface area contributed by atoms with Gasteiger partial charge in [-0.05, 0) is 47.7 Å². The summed E-state index contributed by atoms with van der Waals surface area (Å²) in [6, 6.07) is 25.2. The summed E-state index contributed by atoms with van der Waals surface area (Å²) >= 11 is 0. The van der Waals surface area contributed by atoms with E-state index in [0.717, 1.165) is 12.2 Å². The summed E-state index contributed by atoms with van der Waals surface area (Å²) in [5.74, 6) is 2.28. The Kier molecular flexibility index (Phi) is 5.29. The average Bonchev–Trinajstić information content (AvgIpc) is 3.03. The van der Waals surface area contributed by atoms with E-state index < -0.39 is 0 Å². The van der Waals surface area contributed by atoms with Crippen LogP contribution < -0.4 is 14.8 Å². The number of nitrogens with one attached hydrogen (secondary N) is 1. The fraction of sp³-hybridized carbons (Fsp3) is 0.208. The Morgan fingerprint density at radius 1 is 0.929 bits per heavy atom. The van der Waals surface area contributed by atoms with E-state index in [9.17, 15) is 4.79 Å². The smallest absolute Gasteiger partial charge is 0.258 e. The van der Waals surface area contributed by atoms with E-state index in [1.807, 2.05) is 60.7 Å². The zero-order chi connectivity index (χ0) is 19.3. The van der Waals surface area contributed by atoms with Crippen LogP contribution in [0.25, 0.3) is 0 Å². The predicted molar refractivity (Wildman–Crippen MR) is 109 cm³/mol. The maximum absolute atomic E-state index is 12.4. The summed E-state index contributed by atoms with van der Waals surface area (Å²) in [5, 5.41) is 3.11. The molecule has 4 nitrogen and oxygen atoms in total. The number of benzene rings is 3. The molecule has 3 aromatic rings. The van der Waals surface area contributed by atoms with Crippen LogP contribution in [-0.4, -0.2) is 12.5 Å². The minimum atomic E-state index is -0.122. The Hall–Kier alpha value is -3.27. The molecule has 0 spiro atoms. The van der Waals surface area contributed by atoms with E-state index in [0.29, 0.717) is 17.4 Å². The van der Waals surface area contributed by atoms with Crippen molar-refractivity contribution in [3.8, 4) is 17.2 Å². The Morgan fingerprint density at radius 2 is 1.64 bits per heavy atom. The van der Waals surface area contributed by atoms with E-state index in [1.165, 1.54) is 11.1 Å². The van der Waals surface area contributed by atoms with Crippen LogP contribution in [0.15, 0.2) is 78.9 Å². The number of fused-ring (bicyclic) bond motifs is 1. The highest BCUT2D eigenvalue weighted by atomic mass is 16.5. The summed E-state index contributed by atoms with van der Waals surface area (Å²) in [5.41, 5.74) is 2.52. The molecule has 142 valence electrons. The van der Waals surface area contributed by atoms with Crippen molar-refractivity contribution in [3.05, 3.63) is 90.0 Å². The highest BCUT2D eigenvalue weighted by Gasteiger charge is 2.30. The van der Waals surface area contributed by atoms with Gasteiger partial charge in [-0.1, -0.05) is 55.5 Å². The quantitative estimate of drug-likeness (QED) is 0.668. The van der Waals surface area contributed by atoms with Gasteiger partial charge in [0.15, 0.2) is 6.61 Å². The molecular formula is C24H23NO3. The van der Waals surface area contributed by atoms with Gasteiger partial charge in [0.05, 0.1) is 6.04 Å². The van der Waals surface area contributed by atoms with Crippen molar-refractivity contribution >= 4 is 5.91 Å². The van der Waals surface area contributed by atoms with Gasteiger partial charge in [-0.15, -0.1) is 0 Å². The van der Waals surface area contributed by atoms with Crippen LogP contribution in [0.4, 0.5) is 0 Å². The number of ether oxygens (including phenoxy) is 2. The molecule has 0 radical (unpaired) electrons. The first-order valence-electron chi connectivity index (χ1n) is 9.52. The maximum Gasteiger partial charge on any atom is 0.258 e. The minimum Gasteiger partial charge on any atom is -0.484 e. The molecule has 1 N–H and O–H groups in total. The number of hydrogen-bond donors (Lipinski definition) is 1. The van der Waals surface area contributed by atoms with Crippen LogP contribution in [0, 0.1) is 5.92 Å². The summed E-state index contributed by atoms with van der Waals surface area (Å²) in [6.07, 6.45) is 0.987. The standard InChI is InChI=1S/C24H23NO3/c1-17-14-18-8-5-6-13-22(18)24(17)25-23(26)16-27-20-11-7-12-21(15-20)28-19-9-3-2-4-10-19/h2-13,15,17,24H,14,16H2,1H3,(H,25,26). The van der Waals surface area contributed by atoms with E-state index in [2.05, 4.69) is 24.4 Å².